The fourth-order valence-corrected chi connectivity index (χ4v) is 4.09. The Bertz CT molecular complexity index is 1170. The zero-order chi connectivity index (χ0) is 24.6. The van der Waals surface area contributed by atoms with E-state index in [1.807, 2.05) is 30.3 Å². The fraction of sp³-hybridized carbons (Fsp3) is 0.250. The van der Waals surface area contributed by atoms with Crippen LogP contribution in [0, 0.1) is 0 Å². The molecule has 7 nitrogen and oxygen atoms in total. The molecule has 180 valence electrons. The van der Waals surface area contributed by atoms with Crippen LogP contribution in [0.5, 0.6) is 0 Å². The first-order valence-electron chi connectivity index (χ1n) is 11.8. The summed E-state index contributed by atoms with van der Waals surface area (Å²) in [5.41, 5.74) is 2.58. The molecule has 0 saturated carbocycles. The zero-order valence-electron chi connectivity index (χ0n) is 19.8. The number of carbonyl (C=O) groups excluding carboxylic acids is 3. The summed E-state index contributed by atoms with van der Waals surface area (Å²) in [6, 6.07) is 22.8. The van der Waals surface area contributed by atoms with Gasteiger partial charge in [-0.25, -0.2) is 4.79 Å². The topological polar surface area (TPSA) is 79.0 Å². The highest BCUT2D eigenvalue weighted by atomic mass is 16.5. The molecule has 0 aromatic heterocycles. The number of nitrogens with one attached hydrogen (secondary N) is 1. The summed E-state index contributed by atoms with van der Waals surface area (Å²) in [7, 11) is 0. The molecule has 7 heteroatoms. The van der Waals surface area contributed by atoms with E-state index < -0.39 is 18.5 Å². The molecule has 0 unspecified atom stereocenters. The van der Waals surface area contributed by atoms with Gasteiger partial charge in [-0.15, -0.1) is 0 Å². The van der Waals surface area contributed by atoms with E-state index in [-0.39, 0.29) is 16.9 Å². The number of piperazine rings is 1. The highest BCUT2D eigenvalue weighted by molar-refractivity contribution is 6.14. The lowest BCUT2D eigenvalue weighted by atomic mass is 9.98. The largest absolute Gasteiger partial charge is 0.452 e. The van der Waals surface area contributed by atoms with Gasteiger partial charge in [-0.2, -0.15) is 0 Å². The molecule has 1 heterocycles. The van der Waals surface area contributed by atoms with Crippen LogP contribution in [-0.4, -0.2) is 61.9 Å². The van der Waals surface area contributed by atoms with Crippen LogP contribution in [0.25, 0.3) is 0 Å². The summed E-state index contributed by atoms with van der Waals surface area (Å²) < 4.78 is 5.21. The fourth-order valence-electron chi connectivity index (χ4n) is 4.09. The van der Waals surface area contributed by atoms with Gasteiger partial charge in [0.1, 0.15) is 0 Å². The summed E-state index contributed by atoms with van der Waals surface area (Å²) >= 11 is 0. The molecular formula is C28H29N3O4. The van der Waals surface area contributed by atoms with Crippen LogP contribution in [0.1, 0.15) is 33.2 Å². The second kappa shape index (κ2) is 11.4. The van der Waals surface area contributed by atoms with Gasteiger partial charge < -0.3 is 19.9 Å². The number of rotatable bonds is 8. The summed E-state index contributed by atoms with van der Waals surface area (Å²) in [4.78, 5) is 42.6. The smallest absolute Gasteiger partial charge is 0.339 e. The standard InChI is InChI=1S/C28H29N3O4/c1-2-30-16-18-31(19-17-30)23-14-12-22(13-15-23)29-26(32)20-35-28(34)25-11-7-6-10-24(25)27(33)21-8-4-3-5-9-21/h3-15H,2,16-20H2,1H3,(H,29,32). The number of benzene rings is 3. The van der Waals surface area contributed by atoms with E-state index in [0.29, 0.717) is 11.3 Å². The summed E-state index contributed by atoms with van der Waals surface area (Å²) in [5.74, 6) is -1.45. The Hall–Kier alpha value is -3.97. The predicted molar refractivity (Wildman–Crippen MR) is 136 cm³/mol. The molecule has 3 aromatic carbocycles. The third-order valence-electron chi connectivity index (χ3n) is 6.10. The van der Waals surface area contributed by atoms with E-state index in [2.05, 4.69) is 22.0 Å². The molecule has 1 N–H and O–H groups in total. The van der Waals surface area contributed by atoms with Crippen molar-refractivity contribution in [3.8, 4) is 0 Å². The summed E-state index contributed by atoms with van der Waals surface area (Å²) in [5, 5.41) is 2.75. The second-order valence-corrected chi connectivity index (χ2v) is 8.33. The van der Waals surface area contributed by atoms with Crippen molar-refractivity contribution in [2.75, 3.05) is 49.5 Å². The molecule has 1 aliphatic rings. The van der Waals surface area contributed by atoms with Crippen LogP contribution in [0.4, 0.5) is 11.4 Å². The van der Waals surface area contributed by atoms with Gasteiger partial charge in [-0.3, -0.25) is 9.59 Å². The van der Waals surface area contributed by atoms with Crippen LogP contribution in [-0.2, 0) is 9.53 Å². The molecule has 1 fully saturated rings. The maximum Gasteiger partial charge on any atom is 0.339 e. The van der Waals surface area contributed by atoms with Crippen molar-refractivity contribution in [3.05, 3.63) is 95.6 Å². The number of ether oxygens (including phenoxy) is 1. The quantitative estimate of drug-likeness (QED) is 0.397. The van der Waals surface area contributed by atoms with Crippen molar-refractivity contribution in [1.29, 1.82) is 0 Å². The molecule has 35 heavy (non-hydrogen) atoms. The minimum atomic E-state index is -0.721. The first kappa shape index (κ1) is 24.2. The van der Waals surface area contributed by atoms with Crippen molar-refractivity contribution < 1.29 is 19.1 Å². The Balaban J connectivity index is 1.32. The lowest BCUT2D eigenvalue weighted by Gasteiger charge is -2.35. The van der Waals surface area contributed by atoms with Gasteiger partial charge in [0.05, 0.1) is 5.56 Å². The number of hydrogen-bond donors (Lipinski definition) is 1. The second-order valence-electron chi connectivity index (χ2n) is 8.33. The Morgan fingerprint density at radius 2 is 1.43 bits per heavy atom. The molecule has 0 aliphatic carbocycles. The van der Waals surface area contributed by atoms with E-state index in [4.69, 9.17) is 4.74 Å². The normalized spacial score (nSPS) is 13.8. The molecule has 1 saturated heterocycles. The maximum atomic E-state index is 12.8. The van der Waals surface area contributed by atoms with Gasteiger partial charge in [0.2, 0.25) is 0 Å². The van der Waals surface area contributed by atoms with Crippen molar-refractivity contribution in [2.45, 2.75) is 6.92 Å². The highest BCUT2D eigenvalue weighted by Gasteiger charge is 2.20. The van der Waals surface area contributed by atoms with Gasteiger partial charge in [0.25, 0.3) is 5.91 Å². The molecule has 0 bridgehead atoms. The van der Waals surface area contributed by atoms with E-state index in [1.165, 1.54) is 6.07 Å². The monoisotopic (exact) mass is 471 g/mol. The van der Waals surface area contributed by atoms with Crippen molar-refractivity contribution in [1.82, 2.24) is 4.90 Å². The Morgan fingerprint density at radius 1 is 0.800 bits per heavy atom. The third-order valence-corrected chi connectivity index (χ3v) is 6.10. The Morgan fingerprint density at radius 3 is 2.09 bits per heavy atom. The molecule has 3 aromatic rings. The van der Waals surface area contributed by atoms with Gasteiger partial charge in [0.15, 0.2) is 12.4 Å². The van der Waals surface area contributed by atoms with Crippen molar-refractivity contribution >= 4 is 29.0 Å². The number of likely N-dealkylation sites (N-methyl/N-ethyl adjacent to an activating group) is 1. The van der Waals surface area contributed by atoms with E-state index in [1.54, 1.807) is 42.5 Å². The average Bonchev–Trinajstić information content (AvgIpc) is 2.92. The zero-order valence-corrected chi connectivity index (χ0v) is 19.8. The third kappa shape index (κ3) is 6.13. The van der Waals surface area contributed by atoms with Crippen molar-refractivity contribution in [2.24, 2.45) is 0 Å². The van der Waals surface area contributed by atoms with Gasteiger partial charge in [-0.1, -0.05) is 55.5 Å². The number of hydrogen-bond acceptors (Lipinski definition) is 6. The van der Waals surface area contributed by atoms with Crippen LogP contribution in [0.15, 0.2) is 78.9 Å². The lowest BCUT2D eigenvalue weighted by molar-refractivity contribution is -0.119. The molecule has 1 amide bonds. The number of amides is 1. The minimum Gasteiger partial charge on any atom is -0.452 e. The SMILES string of the molecule is CCN1CCN(c2ccc(NC(=O)COC(=O)c3ccccc3C(=O)c3ccccc3)cc2)CC1. The van der Waals surface area contributed by atoms with E-state index in [9.17, 15) is 14.4 Å². The summed E-state index contributed by atoms with van der Waals surface area (Å²) in [6.45, 7) is 6.83. The number of esters is 1. The van der Waals surface area contributed by atoms with E-state index >= 15 is 0 Å². The van der Waals surface area contributed by atoms with Crippen molar-refractivity contribution in [3.63, 3.8) is 0 Å². The lowest BCUT2D eigenvalue weighted by Crippen LogP contribution is -2.46. The Kier molecular flexibility index (Phi) is 7.90. The number of carbonyl (C=O) groups is 3. The van der Waals surface area contributed by atoms with Crippen LogP contribution < -0.4 is 10.2 Å². The highest BCUT2D eigenvalue weighted by Crippen LogP contribution is 2.20. The van der Waals surface area contributed by atoms with Gasteiger partial charge in [-0.05, 0) is 36.9 Å². The number of nitrogens with zero attached hydrogens (tertiary/aromatic N) is 2. The van der Waals surface area contributed by atoms with Crippen LogP contribution in [0.2, 0.25) is 0 Å². The first-order valence-corrected chi connectivity index (χ1v) is 11.8. The molecule has 0 spiro atoms. The molecule has 0 atom stereocenters. The van der Waals surface area contributed by atoms with Crippen LogP contribution >= 0.6 is 0 Å². The summed E-state index contributed by atoms with van der Waals surface area (Å²) in [6.07, 6.45) is 0. The average molecular weight is 472 g/mol. The number of ketones is 1. The number of anilines is 2. The molecule has 0 radical (unpaired) electrons. The van der Waals surface area contributed by atoms with Gasteiger partial charge in [0, 0.05) is 48.7 Å². The van der Waals surface area contributed by atoms with Crippen LogP contribution in [0.3, 0.4) is 0 Å². The Labute approximate surface area is 205 Å². The first-order chi connectivity index (χ1) is 17.0. The predicted octanol–water partition coefficient (Wildman–Crippen LogP) is 3.86. The molecule has 1 aliphatic heterocycles. The van der Waals surface area contributed by atoms with E-state index in [0.717, 1.165) is 38.4 Å². The molecule has 4 rings (SSSR count). The molecular weight excluding hydrogens is 442 g/mol. The maximum absolute atomic E-state index is 12.8. The minimum absolute atomic E-state index is 0.127. The van der Waals surface area contributed by atoms with Gasteiger partial charge >= 0.3 is 5.97 Å².